The summed E-state index contributed by atoms with van der Waals surface area (Å²) in [5, 5.41) is 7.67. The summed E-state index contributed by atoms with van der Waals surface area (Å²) in [6.07, 6.45) is 2.19. The van der Waals surface area contributed by atoms with E-state index in [1.54, 1.807) is 0 Å². The first-order chi connectivity index (χ1) is 8.01. The van der Waals surface area contributed by atoms with Gasteiger partial charge >= 0.3 is 0 Å². The van der Waals surface area contributed by atoms with Crippen LogP contribution >= 0.6 is 0 Å². The van der Waals surface area contributed by atoms with Gasteiger partial charge in [0.1, 0.15) is 5.84 Å². The molecule has 3 N–H and O–H groups in total. The van der Waals surface area contributed by atoms with Crippen LogP contribution in [0.1, 0.15) is 37.8 Å². The lowest BCUT2D eigenvalue weighted by molar-refractivity contribution is 0.591. The molecule has 0 aliphatic heterocycles. The highest BCUT2D eigenvalue weighted by Gasteiger charge is 2.15. The molecule has 0 fully saturated rings. The van der Waals surface area contributed by atoms with E-state index in [9.17, 15) is 0 Å². The van der Waals surface area contributed by atoms with Crippen molar-refractivity contribution in [3.63, 3.8) is 0 Å². The lowest BCUT2D eigenvalue weighted by Gasteiger charge is -2.30. The highest BCUT2D eigenvalue weighted by Crippen LogP contribution is 2.24. The van der Waals surface area contributed by atoms with Gasteiger partial charge < -0.3 is 10.6 Å². The zero-order valence-corrected chi connectivity index (χ0v) is 11.2. The van der Waals surface area contributed by atoms with E-state index in [0.717, 1.165) is 29.7 Å². The van der Waals surface area contributed by atoms with Gasteiger partial charge in [-0.3, -0.25) is 5.41 Å². The fourth-order valence-electron chi connectivity index (χ4n) is 2.21. The number of benzene rings is 1. The minimum absolute atomic E-state index is 0.140. The van der Waals surface area contributed by atoms with E-state index in [4.69, 9.17) is 11.1 Å². The minimum atomic E-state index is 0.140. The number of aryl methyl sites for hydroxylation is 1. The highest BCUT2D eigenvalue weighted by molar-refractivity contribution is 6.00. The van der Waals surface area contributed by atoms with Crippen LogP contribution in [-0.4, -0.2) is 18.9 Å². The molecule has 1 aromatic rings. The molecule has 0 atom stereocenters. The lowest BCUT2D eigenvalue weighted by Crippen LogP contribution is -2.32. The first kappa shape index (κ1) is 13.6. The molecule has 3 heteroatoms. The fraction of sp³-hybridized carbons (Fsp3) is 0.500. The second-order valence-electron chi connectivity index (χ2n) is 4.52. The number of anilines is 1. The number of hydrogen-bond acceptors (Lipinski definition) is 2. The SMILES string of the molecule is CCC(CC)N(C)c1ccc(C)cc1C(=N)N. The van der Waals surface area contributed by atoms with Gasteiger partial charge in [-0.1, -0.05) is 25.5 Å². The van der Waals surface area contributed by atoms with Gasteiger partial charge in [0.15, 0.2) is 0 Å². The third-order valence-corrected chi connectivity index (χ3v) is 3.31. The Kier molecular flexibility index (Phi) is 4.55. The molecule has 0 spiro atoms. The summed E-state index contributed by atoms with van der Waals surface area (Å²) in [4.78, 5) is 2.23. The average molecular weight is 233 g/mol. The summed E-state index contributed by atoms with van der Waals surface area (Å²) < 4.78 is 0. The molecule has 0 aromatic heterocycles. The molecule has 0 saturated heterocycles. The van der Waals surface area contributed by atoms with Crippen LogP contribution in [0.3, 0.4) is 0 Å². The van der Waals surface area contributed by atoms with E-state index in [-0.39, 0.29) is 5.84 Å². The van der Waals surface area contributed by atoms with Crippen molar-refractivity contribution in [1.29, 1.82) is 5.41 Å². The Bertz CT molecular complexity index is 394. The quantitative estimate of drug-likeness (QED) is 0.607. The zero-order chi connectivity index (χ0) is 13.0. The van der Waals surface area contributed by atoms with Gasteiger partial charge in [0.2, 0.25) is 0 Å². The Morgan fingerprint density at radius 2 is 1.94 bits per heavy atom. The molecule has 0 heterocycles. The van der Waals surface area contributed by atoms with Crippen LogP contribution in [-0.2, 0) is 0 Å². The Morgan fingerprint density at radius 1 is 1.35 bits per heavy atom. The molecule has 0 amide bonds. The second kappa shape index (κ2) is 5.71. The smallest absolute Gasteiger partial charge is 0.124 e. The molecule has 0 aliphatic carbocycles. The zero-order valence-electron chi connectivity index (χ0n) is 11.2. The molecule has 1 rings (SSSR count). The number of nitrogens with two attached hydrogens (primary N) is 1. The van der Waals surface area contributed by atoms with E-state index < -0.39 is 0 Å². The molecule has 0 radical (unpaired) electrons. The third-order valence-electron chi connectivity index (χ3n) is 3.31. The van der Waals surface area contributed by atoms with Crippen LogP contribution in [0.15, 0.2) is 18.2 Å². The largest absolute Gasteiger partial charge is 0.384 e. The van der Waals surface area contributed by atoms with E-state index in [1.807, 2.05) is 13.0 Å². The van der Waals surface area contributed by atoms with Gasteiger partial charge in [0, 0.05) is 24.3 Å². The number of hydrogen-bond donors (Lipinski definition) is 2. The maximum Gasteiger partial charge on any atom is 0.124 e. The van der Waals surface area contributed by atoms with Crippen molar-refractivity contribution >= 4 is 11.5 Å². The molecule has 3 nitrogen and oxygen atoms in total. The normalized spacial score (nSPS) is 10.6. The third kappa shape index (κ3) is 2.99. The van der Waals surface area contributed by atoms with Gasteiger partial charge in [0.05, 0.1) is 0 Å². The molecule has 1 aromatic carbocycles. The van der Waals surface area contributed by atoms with E-state index in [1.165, 1.54) is 0 Å². The molecular formula is C14H23N3. The summed E-state index contributed by atoms with van der Waals surface area (Å²) >= 11 is 0. The summed E-state index contributed by atoms with van der Waals surface area (Å²) in [6.45, 7) is 6.39. The van der Waals surface area contributed by atoms with E-state index in [0.29, 0.717) is 6.04 Å². The summed E-state index contributed by atoms with van der Waals surface area (Å²) in [6, 6.07) is 6.61. The topological polar surface area (TPSA) is 53.1 Å². The maximum absolute atomic E-state index is 7.67. The van der Waals surface area contributed by atoms with Crippen molar-refractivity contribution in [3.05, 3.63) is 29.3 Å². The molecular weight excluding hydrogens is 210 g/mol. The Hall–Kier alpha value is -1.51. The van der Waals surface area contributed by atoms with Crippen LogP contribution in [0.5, 0.6) is 0 Å². The number of nitrogens with zero attached hydrogens (tertiary/aromatic N) is 1. The van der Waals surface area contributed by atoms with Gasteiger partial charge in [-0.25, -0.2) is 0 Å². The first-order valence-corrected chi connectivity index (χ1v) is 6.19. The van der Waals surface area contributed by atoms with Crippen molar-refractivity contribution in [1.82, 2.24) is 0 Å². The molecule has 0 saturated carbocycles. The van der Waals surface area contributed by atoms with Crippen LogP contribution < -0.4 is 10.6 Å². The lowest BCUT2D eigenvalue weighted by atomic mass is 10.0. The second-order valence-corrected chi connectivity index (χ2v) is 4.52. The Morgan fingerprint density at radius 3 is 2.41 bits per heavy atom. The van der Waals surface area contributed by atoms with E-state index >= 15 is 0 Å². The molecule has 17 heavy (non-hydrogen) atoms. The summed E-state index contributed by atoms with van der Waals surface area (Å²) in [5.41, 5.74) is 8.68. The number of nitrogens with one attached hydrogen (secondary N) is 1. The molecule has 0 aliphatic rings. The average Bonchev–Trinajstić information content (AvgIpc) is 2.30. The predicted molar refractivity (Wildman–Crippen MR) is 75.0 cm³/mol. The number of nitrogen functional groups attached to an aromatic ring is 1. The summed E-state index contributed by atoms with van der Waals surface area (Å²) in [7, 11) is 2.08. The van der Waals surface area contributed by atoms with Crippen molar-refractivity contribution in [3.8, 4) is 0 Å². The van der Waals surface area contributed by atoms with Crippen molar-refractivity contribution in [2.75, 3.05) is 11.9 Å². The predicted octanol–water partition coefficient (Wildman–Crippen LogP) is 2.90. The highest BCUT2D eigenvalue weighted by atomic mass is 15.1. The molecule has 0 bridgehead atoms. The molecule has 0 unspecified atom stereocenters. The van der Waals surface area contributed by atoms with Crippen molar-refractivity contribution in [2.45, 2.75) is 39.7 Å². The van der Waals surface area contributed by atoms with Crippen LogP contribution in [0.25, 0.3) is 0 Å². The maximum atomic E-state index is 7.67. The molecule has 94 valence electrons. The van der Waals surface area contributed by atoms with Crippen LogP contribution in [0.2, 0.25) is 0 Å². The van der Waals surface area contributed by atoms with Gasteiger partial charge in [0.25, 0.3) is 0 Å². The number of rotatable bonds is 5. The van der Waals surface area contributed by atoms with Gasteiger partial charge in [-0.2, -0.15) is 0 Å². The fourth-order valence-corrected chi connectivity index (χ4v) is 2.21. The summed E-state index contributed by atoms with van der Waals surface area (Å²) in [5.74, 6) is 0.140. The van der Waals surface area contributed by atoms with Gasteiger partial charge in [-0.15, -0.1) is 0 Å². The Labute approximate surface area is 104 Å². The van der Waals surface area contributed by atoms with Crippen molar-refractivity contribution < 1.29 is 0 Å². The Balaban J connectivity index is 3.16. The van der Waals surface area contributed by atoms with Crippen LogP contribution in [0, 0.1) is 12.3 Å². The standard InChI is InChI=1S/C14H23N3/c1-5-11(6-2)17(4)13-8-7-10(3)9-12(13)14(15)16/h7-9,11H,5-6H2,1-4H3,(H3,15,16). The monoisotopic (exact) mass is 233 g/mol. The van der Waals surface area contributed by atoms with E-state index in [2.05, 4.69) is 37.9 Å². The van der Waals surface area contributed by atoms with Crippen molar-refractivity contribution in [2.24, 2.45) is 5.73 Å². The van der Waals surface area contributed by atoms with Crippen LogP contribution in [0.4, 0.5) is 5.69 Å². The first-order valence-electron chi connectivity index (χ1n) is 6.19. The minimum Gasteiger partial charge on any atom is -0.384 e. The van der Waals surface area contributed by atoms with Gasteiger partial charge in [-0.05, 0) is 31.9 Å². The number of amidine groups is 1.